The number of anilines is 1. The van der Waals surface area contributed by atoms with Crippen molar-refractivity contribution in [2.24, 2.45) is 5.92 Å². The van der Waals surface area contributed by atoms with E-state index in [1.165, 1.54) is 0 Å². The van der Waals surface area contributed by atoms with Gasteiger partial charge >= 0.3 is 5.97 Å². The van der Waals surface area contributed by atoms with E-state index in [0.29, 0.717) is 0 Å². The highest BCUT2D eigenvalue weighted by Crippen LogP contribution is 2.09. The third-order valence-corrected chi connectivity index (χ3v) is 2.15. The molecule has 90 valence electrons. The van der Waals surface area contributed by atoms with Crippen molar-refractivity contribution in [1.82, 2.24) is 0 Å². The normalized spacial score (nSPS) is 13.2. The highest BCUT2D eigenvalue weighted by atomic mass is 16.6. The van der Waals surface area contributed by atoms with Crippen molar-refractivity contribution in [3.63, 3.8) is 0 Å². The standard InChI is InChI=1S/C13H16N2O2/c1-10(9-14)8-13(16)17-11(2)15-12-6-4-3-5-7-12/h3-7,10-11,15H,8H2,1-2H3. The Bertz CT molecular complexity index is 398. The number of ether oxygens (including phenoxy) is 1. The van der Waals surface area contributed by atoms with Gasteiger partial charge < -0.3 is 10.1 Å². The van der Waals surface area contributed by atoms with Gasteiger partial charge in [0.15, 0.2) is 6.23 Å². The number of esters is 1. The zero-order chi connectivity index (χ0) is 12.7. The molecule has 1 N–H and O–H groups in total. The number of nitrogens with zero attached hydrogens (tertiary/aromatic N) is 1. The van der Waals surface area contributed by atoms with E-state index in [4.69, 9.17) is 10.00 Å². The zero-order valence-corrected chi connectivity index (χ0v) is 10.0. The molecule has 0 bridgehead atoms. The SMILES string of the molecule is CC(C#N)CC(=O)OC(C)Nc1ccccc1. The Morgan fingerprint density at radius 2 is 2.06 bits per heavy atom. The minimum atomic E-state index is -0.407. The minimum Gasteiger partial charge on any atom is -0.442 e. The third-order valence-electron chi connectivity index (χ3n) is 2.15. The predicted molar refractivity (Wildman–Crippen MR) is 65.0 cm³/mol. The molecule has 0 heterocycles. The van der Waals surface area contributed by atoms with E-state index in [1.807, 2.05) is 36.4 Å². The summed E-state index contributed by atoms with van der Waals surface area (Å²) < 4.78 is 5.13. The molecule has 2 unspecified atom stereocenters. The first-order chi connectivity index (χ1) is 8.11. The number of nitriles is 1. The Morgan fingerprint density at radius 1 is 1.41 bits per heavy atom. The van der Waals surface area contributed by atoms with E-state index >= 15 is 0 Å². The second-order valence-electron chi connectivity index (χ2n) is 3.88. The van der Waals surface area contributed by atoms with Crippen LogP contribution >= 0.6 is 0 Å². The summed E-state index contributed by atoms with van der Waals surface area (Å²) in [5.74, 6) is -0.679. The molecule has 4 heteroatoms. The second kappa shape index (κ2) is 6.54. The van der Waals surface area contributed by atoms with Gasteiger partial charge in [-0.25, -0.2) is 0 Å². The van der Waals surface area contributed by atoms with Gasteiger partial charge in [0.1, 0.15) is 0 Å². The molecule has 17 heavy (non-hydrogen) atoms. The number of hydrogen-bond donors (Lipinski definition) is 1. The Kier molecular flexibility index (Phi) is 5.02. The molecule has 1 rings (SSSR count). The fraction of sp³-hybridized carbons (Fsp3) is 0.385. The number of benzene rings is 1. The van der Waals surface area contributed by atoms with Crippen LogP contribution in [0.4, 0.5) is 5.69 Å². The molecular weight excluding hydrogens is 216 g/mol. The van der Waals surface area contributed by atoms with Crippen molar-refractivity contribution < 1.29 is 9.53 Å². The van der Waals surface area contributed by atoms with E-state index in [1.54, 1.807) is 13.8 Å². The van der Waals surface area contributed by atoms with E-state index in [-0.39, 0.29) is 18.3 Å². The van der Waals surface area contributed by atoms with Crippen molar-refractivity contribution in [2.75, 3.05) is 5.32 Å². The summed E-state index contributed by atoms with van der Waals surface area (Å²) in [5, 5.41) is 11.6. The Morgan fingerprint density at radius 3 is 2.65 bits per heavy atom. The third kappa shape index (κ3) is 5.03. The average molecular weight is 232 g/mol. The maximum Gasteiger partial charge on any atom is 0.309 e. The first-order valence-corrected chi connectivity index (χ1v) is 5.52. The first-order valence-electron chi connectivity index (χ1n) is 5.52. The maximum atomic E-state index is 11.4. The van der Waals surface area contributed by atoms with Crippen molar-refractivity contribution in [3.8, 4) is 6.07 Å². The van der Waals surface area contributed by atoms with Crippen LogP contribution in [0.2, 0.25) is 0 Å². The lowest BCUT2D eigenvalue weighted by molar-refractivity contribution is -0.147. The Balaban J connectivity index is 2.37. The Labute approximate surface area is 101 Å². The van der Waals surface area contributed by atoms with Gasteiger partial charge in [0, 0.05) is 5.69 Å². The van der Waals surface area contributed by atoms with Crippen LogP contribution in [0.1, 0.15) is 20.3 Å². The fourth-order valence-corrected chi connectivity index (χ4v) is 1.34. The molecule has 0 saturated heterocycles. The summed E-state index contributed by atoms with van der Waals surface area (Å²) in [4.78, 5) is 11.4. The quantitative estimate of drug-likeness (QED) is 0.626. The lowest BCUT2D eigenvalue weighted by Gasteiger charge is -2.16. The lowest BCUT2D eigenvalue weighted by atomic mass is 10.1. The fourth-order valence-electron chi connectivity index (χ4n) is 1.34. The number of carbonyl (C=O) groups excluding carboxylic acids is 1. The highest BCUT2D eigenvalue weighted by Gasteiger charge is 2.12. The van der Waals surface area contributed by atoms with Crippen LogP contribution in [0.5, 0.6) is 0 Å². The highest BCUT2D eigenvalue weighted by molar-refractivity contribution is 5.70. The minimum absolute atomic E-state index is 0.122. The maximum absolute atomic E-state index is 11.4. The van der Waals surface area contributed by atoms with E-state index in [0.717, 1.165) is 5.69 Å². The van der Waals surface area contributed by atoms with E-state index in [2.05, 4.69) is 5.32 Å². The van der Waals surface area contributed by atoms with Crippen LogP contribution in [0.3, 0.4) is 0 Å². The zero-order valence-electron chi connectivity index (χ0n) is 10.0. The van der Waals surface area contributed by atoms with Crippen LogP contribution in [0, 0.1) is 17.2 Å². The first kappa shape index (κ1) is 13.0. The molecule has 0 aliphatic heterocycles. The lowest BCUT2D eigenvalue weighted by Crippen LogP contribution is -2.23. The van der Waals surface area contributed by atoms with Crippen LogP contribution in [0.15, 0.2) is 30.3 Å². The summed E-state index contributed by atoms with van der Waals surface area (Å²) in [7, 11) is 0. The molecule has 1 aromatic carbocycles. The number of para-hydroxylation sites is 1. The molecule has 2 atom stereocenters. The van der Waals surface area contributed by atoms with Crippen LogP contribution < -0.4 is 5.32 Å². The molecule has 1 aromatic rings. The van der Waals surface area contributed by atoms with Crippen LogP contribution in [0.25, 0.3) is 0 Å². The molecular formula is C13H16N2O2. The molecule has 0 aromatic heterocycles. The topological polar surface area (TPSA) is 62.1 Å². The average Bonchev–Trinajstić information content (AvgIpc) is 2.29. The van der Waals surface area contributed by atoms with Crippen molar-refractivity contribution in [3.05, 3.63) is 30.3 Å². The number of carbonyl (C=O) groups is 1. The molecule has 0 radical (unpaired) electrons. The molecule has 4 nitrogen and oxygen atoms in total. The summed E-state index contributed by atoms with van der Waals surface area (Å²) in [6.45, 7) is 3.44. The van der Waals surface area contributed by atoms with Gasteiger partial charge in [0.05, 0.1) is 18.4 Å². The van der Waals surface area contributed by atoms with Crippen molar-refractivity contribution in [2.45, 2.75) is 26.5 Å². The molecule has 0 amide bonds. The van der Waals surface area contributed by atoms with Gasteiger partial charge in [0.25, 0.3) is 0 Å². The molecule has 0 aliphatic carbocycles. The summed E-state index contributed by atoms with van der Waals surface area (Å²) in [5.41, 5.74) is 0.890. The molecule has 0 aliphatic rings. The van der Waals surface area contributed by atoms with Gasteiger partial charge in [-0.15, -0.1) is 0 Å². The monoisotopic (exact) mass is 232 g/mol. The molecule has 0 fully saturated rings. The number of hydrogen-bond acceptors (Lipinski definition) is 4. The van der Waals surface area contributed by atoms with E-state index < -0.39 is 6.23 Å². The summed E-state index contributed by atoms with van der Waals surface area (Å²) in [6, 6.07) is 11.5. The largest absolute Gasteiger partial charge is 0.442 e. The van der Waals surface area contributed by atoms with Crippen LogP contribution in [-0.4, -0.2) is 12.2 Å². The number of rotatable bonds is 5. The van der Waals surface area contributed by atoms with Crippen LogP contribution in [-0.2, 0) is 9.53 Å². The van der Waals surface area contributed by atoms with E-state index in [9.17, 15) is 4.79 Å². The van der Waals surface area contributed by atoms with Gasteiger partial charge in [-0.3, -0.25) is 4.79 Å². The Hall–Kier alpha value is -2.02. The van der Waals surface area contributed by atoms with Gasteiger partial charge in [0.2, 0.25) is 0 Å². The second-order valence-corrected chi connectivity index (χ2v) is 3.88. The van der Waals surface area contributed by atoms with Crippen molar-refractivity contribution in [1.29, 1.82) is 5.26 Å². The summed E-state index contributed by atoms with van der Waals surface area (Å²) >= 11 is 0. The molecule has 0 saturated carbocycles. The van der Waals surface area contributed by atoms with Gasteiger partial charge in [-0.05, 0) is 26.0 Å². The summed E-state index contributed by atoms with van der Waals surface area (Å²) in [6.07, 6.45) is -0.284. The number of nitrogens with one attached hydrogen (secondary N) is 1. The van der Waals surface area contributed by atoms with Gasteiger partial charge in [-0.2, -0.15) is 5.26 Å². The van der Waals surface area contributed by atoms with Gasteiger partial charge in [-0.1, -0.05) is 18.2 Å². The van der Waals surface area contributed by atoms with Crippen molar-refractivity contribution >= 4 is 11.7 Å². The predicted octanol–water partition coefficient (Wildman–Crippen LogP) is 2.54. The molecule has 0 spiro atoms. The smallest absolute Gasteiger partial charge is 0.309 e.